The molecule has 0 radical (unpaired) electrons. The van der Waals surface area contributed by atoms with Gasteiger partial charge in [0.15, 0.2) is 11.5 Å². The van der Waals surface area contributed by atoms with Gasteiger partial charge in [0.1, 0.15) is 21.1 Å². The Kier molecular flexibility index (Phi) is 6.59. The second kappa shape index (κ2) is 11.2. The number of benzene rings is 6. The van der Waals surface area contributed by atoms with Crippen LogP contribution in [-0.2, 0) is 10.8 Å². The van der Waals surface area contributed by atoms with Crippen LogP contribution in [0.5, 0.6) is 11.5 Å². The molecular weight excluding hydrogens is 751 g/mol. The van der Waals surface area contributed by atoms with Crippen molar-refractivity contribution >= 4 is 75.9 Å². The minimum Gasteiger partial charge on any atom is -0.453 e. The van der Waals surface area contributed by atoms with E-state index in [2.05, 4.69) is 194 Å². The first-order chi connectivity index (χ1) is 27.3. The molecule has 0 unspecified atom stereocenters. The molecule has 0 fully saturated rings. The summed E-state index contributed by atoms with van der Waals surface area (Å²) in [5, 5.41) is 9.74. The van der Waals surface area contributed by atoms with Gasteiger partial charge in [0.25, 0.3) is 0 Å². The monoisotopic (exact) mass is 789 g/mol. The summed E-state index contributed by atoms with van der Waals surface area (Å²) < 4.78 is 6.59. The number of anilines is 3. The van der Waals surface area contributed by atoms with Gasteiger partial charge in [-0.25, -0.2) is 0 Å². The third-order valence-corrected chi connectivity index (χ3v) is 22.9. The van der Waals surface area contributed by atoms with E-state index in [4.69, 9.17) is 4.74 Å². The number of hydrogen-bond acceptors (Lipinski definition) is 4. The third kappa shape index (κ3) is 3.81. The number of hydrogen-bond donors (Lipinski definition) is 0. The predicted octanol–water partition coefficient (Wildman–Crippen LogP) is 10.7. The number of thiophene rings is 2. The van der Waals surface area contributed by atoms with Crippen LogP contribution in [-0.4, -0.2) is 16.1 Å². The minimum absolute atomic E-state index is 0.492. The highest BCUT2D eigenvalue weighted by atomic mass is 32.1. The Balaban J connectivity index is 1.29. The molecular formula is C50H39NOS2Si2. The number of nitrogens with zero attached hydrogens (tertiary/aromatic N) is 1. The molecule has 2 nitrogen and oxygen atoms in total. The molecule has 6 aromatic carbocycles. The number of para-hydroxylation sites is 4. The van der Waals surface area contributed by atoms with E-state index in [1.54, 1.807) is 0 Å². The molecule has 1 aliphatic carbocycles. The van der Waals surface area contributed by atoms with E-state index in [-0.39, 0.29) is 0 Å². The van der Waals surface area contributed by atoms with E-state index in [1.165, 1.54) is 68.9 Å². The van der Waals surface area contributed by atoms with Gasteiger partial charge in [-0.3, -0.25) is 4.90 Å². The van der Waals surface area contributed by atoms with Gasteiger partial charge in [0.05, 0.1) is 22.2 Å². The Morgan fingerprint density at radius 1 is 0.446 bits per heavy atom. The van der Waals surface area contributed by atoms with Gasteiger partial charge >= 0.3 is 0 Å². The average molecular weight is 790 g/mol. The summed E-state index contributed by atoms with van der Waals surface area (Å²) >= 11 is 3.95. The van der Waals surface area contributed by atoms with Crippen LogP contribution in [0, 0.1) is 0 Å². The first kappa shape index (κ1) is 32.9. The lowest BCUT2D eigenvalue weighted by atomic mass is 9.55. The zero-order chi connectivity index (χ0) is 37.6. The lowest BCUT2D eigenvalue weighted by Crippen LogP contribution is -2.66. The molecule has 2 spiro atoms. The van der Waals surface area contributed by atoms with E-state index >= 15 is 0 Å². The topological polar surface area (TPSA) is 12.5 Å². The van der Waals surface area contributed by atoms with Gasteiger partial charge in [-0.1, -0.05) is 148 Å². The number of fused-ring (bicyclic) bond motifs is 16. The molecule has 0 saturated carbocycles. The Morgan fingerprint density at radius 2 is 0.857 bits per heavy atom. The summed E-state index contributed by atoms with van der Waals surface area (Å²) in [4.78, 5) is 5.36. The van der Waals surface area contributed by atoms with E-state index in [1.807, 2.05) is 22.7 Å². The normalized spacial score (nSPS) is 17.6. The van der Waals surface area contributed by atoms with Crippen molar-refractivity contribution < 1.29 is 4.74 Å². The summed E-state index contributed by atoms with van der Waals surface area (Å²) in [5.41, 5.74) is 9.80. The second-order valence-electron chi connectivity index (χ2n) is 16.8. The van der Waals surface area contributed by atoms with Crippen LogP contribution >= 0.6 is 22.7 Å². The van der Waals surface area contributed by atoms with Crippen molar-refractivity contribution in [2.45, 2.75) is 37.0 Å². The van der Waals surface area contributed by atoms with E-state index in [0.29, 0.717) is 0 Å². The number of rotatable bonds is 1. The molecule has 270 valence electrons. The maximum atomic E-state index is 6.59. The van der Waals surface area contributed by atoms with E-state index < -0.39 is 27.0 Å². The fourth-order valence-electron chi connectivity index (χ4n) is 11.2. The first-order valence-electron chi connectivity index (χ1n) is 19.6. The maximum absolute atomic E-state index is 6.59. The largest absolute Gasteiger partial charge is 0.453 e. The molecule has 0 atom stereocenters. The van der Waals surface area contributed by atoms with E-state index in [0.717, 1.165) is 22.9 Å². The van der Waals surface area contributed by atoms with Crippen molar-refractivity contribution in [3.05, 3.63) is 206 Å². The molecule has 56 heavy (non-hydrogen) atoms. The molecule has 0 amide bonds. The SMILES string of the molecule is C[Si]1(C)c2ccccc2C2(c3ccccc31)c1cc(N3c4ccccc4Oc4ccccc43)sc1C1(c3ccccc3[Si](C)(C)c3ccccc31)c1ccsc12. The molecule has 4 aliphatic rings. The maximum Gasteiger partial charge on any atom is 0.151 e. The van der Waals surface area contributed by atoms with Gasteiger partial charge in [-0.15, -0.1) is 22.7 Å². The van der Waals surface area contributed by atoms with Crippen LogP contribution < -0.4 is 30.4 Å². The average Bonchev–Trinajstić information content (AvgIpc) is 3.91. The zero-order valence-corrected chi connectivity index (χ0v) is 35.4. The molecule has 5 heterocycles. The summed E-state index contributed by atoms with van der Waals surface area (Å²) in [6.07, 6.45) is 0. The van der Waals surface area contributed by atoms with Crippen LogP contribution in [0.1, 0.15) is 43.1 Å². The highest BCUT2D eigenvalue weighted by Crippen LogP contribution is 2.66. The van der Waals surface area contributed by atoms with Crippen LogP contribution in [0.15, 0.2) is 163 Å². The van der Waals surface area contributed by atoms with Crippen LogP contribution in [0.25, 0.3) is 0 Å². The quantitative estimate of drug-likeness (QED) is 0.154. The van der Waals surface area contributed by atoms with Crippen LogP contribution in [0.2, 0.25) is 26.2 Å². The predicted molar refractivity (Wildman–Crippen MR) is 241 cm³/mol. The van der Waals surface area contributed by atoms with Crippen molar-refractivity contribution in [3.63, 3.8) is 0 Å². The molecule has 0 bridgehead atoms. The summed E-state index contributed by atoms with van der Waals surface area (Å²) in [7, 11) is -4.16. The molecule has 8 aromatic rings. The summed E-state index contributed by atoms with van der Waals surface area (Å²) in [5.74, 6) is 1.76. The Morgan fingerprint density at radius 3 is 1.34 bits per heavy atom. The lowest BCUT2D eigenvalue weighted by Gasteiger charge is -2.54. The first-order valence-corrected chi connectivity index (χ1v) is 27.3. The van der Waals surface area contributed by atoms with Crippen molar-refractivity contribution in [3.8, 4) is 11.5 Å². The minimum atomic E-state index is -2.08. The fourth-order valence-corrected chi connectivity index (χ4v) is 20.3. The lowest BCUT2D eigenvalue weighted by molar-refractivity contribution is 0.477. The van der Waals surface area contributed by atoms with Crippen molar-refractivity contribution in [1.82, 2.24) is 0 Å². The molecule has 0 saturated heterocycles. The molecule has 12 rings (SSSR count). The zero-order valence-electron chi connectivity index (χ0n) is 31.8. The second-order valence-corrected chi connectivity index (χ2v) is 27.4. The smallest absolute Gasteiger partial charge is 0.151 e. The highest BCUT2D eigenvalue weighted by molar-refractivity contribution is 7.17. The van der Waals surface area contributed by atoms with Gasteiger partial charge < -0.3 is 4.74 Å². The summed E-state index contributed by atoms with van der Waals surface area (Å²) in [6.45, 7) is 10.2. The van der Waals surface area contributed by atoms with Crippen LogP contribution in [0.3, 0.4) is 0 Å². The Bertz CT molecular complexity index is 2660. The van der Waals surface area contributed by atoms with Crippen molar-refractivity contribution in [2.75, 3.05) is 4.90 Å². The fraction of sp³-hybridized carbons (Fsp3) is 0.120. The standard InChI is InChI=1S/C50H39NOS2Si2/c1-55(2)42-25-13-5-17-32(42)49(33-18-6-14-26-43(33)55)36-29-30-53-47(36)50(34-19-7-15-27-44(34)56(3,4)45-28-16-8-20-35(45)50)37-31-46(54-48(37)49)51-38-21-9-11-23-40(38)52-41-24-12-10-22-39(41)51/h5-31H,1-4H3. The third-order valence-electron chi connectivity index (χ3n) is 13.5. The van der Waals surface area contributed by atoms with Crippen molar-refractivity contribution in [2.24, 2.45) is 0 Å². The molecule has 0 N–H and O–H groups in total. The van der Waals surface area contributed by atoms with E-state index in [9.17, 15) is 0 Å². The van der Waals surface area contributed by atoms with Gasteiger partial charge in [-0.2, -0.15) is 0 Å². The Labute approximate surface area is 338 Å². The van der Waals surface area contributed by atoms with Gasteiger partial charge in [-0.05, 0) is 95.9 Å². The Hall–Kier alpha value is -5.25. The molecule has 6 heteroatoms. The van der Waals surface area contributed by atoms with Gasteiger partial charge in [0.2, 0.25) is 0 Å². The van der Waals surface area contributed by atoms with Crippen LogP contribution in [0.4, 0.5) is 16.4 Å². The molecule has 3 aliphatic heterocycles. The molecule has 2 aromatic heterocycles. The van der Waals surface area contributed by atoms with Crippen molar-refractivity contribution in [1.29, 1.82) is 0 Å². The number of ether oxygens (including phenoxy) is 1. The highest BCUT2D eigenvalue weighted by Gasteiger charge is 2.62. The van der Waals surface area contributed by atoms with Gasteiger partial charge in [0, 0.05) is 9.75 Å². The summed E-state index contributed by atoms with van der Waals surface area (Å²) in [6, 6.07) is 60.1.